The first kappa shape index (κ1) is 16.1. The lowest BCUT2D eigenvalue weighted by molar-refractivity contribution is 0.562. The number of aromatic amines is 1. The van der Waals surface area contributed by atoms with E-state index in [2.05, 4.69) is 19.9 Å². The van der Waals surface area contributed by atoms with Crippen LogP contribution in [0.2, 0.25) is 0 Å². The summed E-state index contributed by atoms with van der Waals surface area (Å²) in [6, 6.07) is -0.371. The first-order valence-electron chi connectivity index (χ1n) is 6.46. The fourth-order valence-electron chi connectivity index (χ4n) is 2.18. The number of nitrogens with one attached hydrogen (secondary N) is 2. The van der Waals surface area contributed by atoms with Crippen molar-refractivity contribution in [2.75, 3.05) is 0 Å². The van der Waals surface area contributed by atoms with Gasteiger partial charge in [-0.05, 0) is 27.7 Å². The number of thiazole rings is 1. The zero-order valence-electron chi connectivity index (χ0n) is 12.4. The van der Waals surface area contributed by atoms with Crippen molar-refractivity contribution in [1.82, 2.24) is 19.9 Å². The zero-order valence-corrected chi connectivity index (χ0v) is 14.0. The van der Waals surface area contributed by atoms with Gasteiger partial charge in [0.15, 0.2) is 5.03 Å². The molecule has 0 spiro atoms. The summed E-state index contributed by atoms with van der Waals surface area (Å²) in [5.74, 6) is 0. The van der Waals surface area contributed by atoms with Gasteiger partial charge >= 0.3 is 0 Å². The van der Waals surface area contributed by atoms with Crippen LogP contribution in [0.15, 0.2) is 5.03 Å². The first-order chi connectivity index (χ1) is 9.76. The van der Waals surface area contributed by atoms with Gasteiger partial charge in [0.2, 0.25) is 0 Å². The monoisotopic (exact) mass is 329 g/mol. The minimum absolute atomic E-state index is 0.0340. The quantitative estimate of drug-likeness (QED) is 0.765. The fourth-order valence-corrected chi connectivity index (χ4v) is 4.61. The van der Waals surface area contributed by atoms with Gasteiger partial charge in [-0.3, -0.25) is 5.10 Å². The van der Waals surface area contributed by atoms with E-state index in [9.17, 15) is 8.42 Å². The van der Waals surface area contributed by atoms with Gasteiger partial charge in [0.1, 0.15) is 0 Å². The number of rotatable bonds is 5. The average Bonchev–Trinajstić information content (AvgIpc) is 2.91. The number of hydrogen-bond acceptors (Lipinski definition) is 6. The van der Waals surface area contributed by atoms with Crippen molar-refractivity contribution in [3.8, 4) is 0 Å². The molecule has 0 fully saturated rings. The molecule has 0 amide bonds. The molecule has 0 aliphatic rings. The Morgan fingerprint density at radius 2 is 2.05 bits per heavy atom. The van der Waals surface area contributed by atoms with Crippen LogP contribution >= 0.6 is 11.3 Å². The molecule has 2 aromatic rings. The lowest BCUT2D eigenvalue weighted by Crippen LogP contribution is -2.28. The van der Waals surface area contributed by atoms with E-state index in [1.165, 1.54) is 11.3 Å². The van der Waals surface area contributed by atoms with E-state index in [1.807, 2.05) is 13.8 Å². The molecular weight excluding hydrogens is 310 g/mol. The van der Waals surface area contributed by atoms with Crippen molar-refractivity contribution in [1.29, 1.82) is 0 Å². The highest BCUT2D eigenvalue weighted by Gasteiger charge is 2.26. The van der Waals surface area contributed by atoms with Crippen molar-refractivity contribution in [3.63, 3.8) is 0 Å². The van der Waals surface area contributed by atoms with Crippen LogP contribution in [-0.2, 0) is 16.6 Å². The highest BCUT2D eigenvalue weighted by atomic mass is 32.2. The SMILES string of the molecule is Cc1nc(C)c(C(C)NS(=O)(=O)c2n[nH]c(C)c2CN)s1. The van der Waals surface area contributed by atoms with Crippen LogP contribution in [0.1, 0.15) is 39.8 Å². The third kappa shape index (κ3) is 3.15. The largest absolute Gasteiger partial charge is 0.326 e. The Bertz CT molecular complexity index is 748. The summed E-state index contributed by atoms with van der Waals surface area (Å²) in [5, 5.41) is 7.40. The number of hydrogen-bond donors (Lipinski definition) is 3. The molecule has 4 N–H and O–H groups in total. The normalized spacial score (nSPS) is 13.6. The number of sulfonamides is 1. The molecule has 0 aliphatic heterocycles. The van der Waals surface area contributed by atoms with Crippen LogP contribution in [0, 0.1) is 20.8 Å². The smallest absolute Gasteiger partial charge is 0.260 e. The van der Waals surface area contributed by atoms with E-state index in [4.69, 9.17) is 5.73 Å². The Balaban J connectivity index is 2.31. The lowest BCUT2D eigenvalue weighted by atomic mass is 10.2. The van der Waals surface area contributed by atoms with Gasteiger partial charge in [-0.2, -0.15) is 5.10 Å². The third-order valence-corrected chi connectivity index (χ3v) is 5.93. The highest BCUT2D eigenvalue weighted by molar-refractivity contribution is 7.89. The van der Waals surface area contributed by atoms with Crippen molar-refractivity contribution in [3.05, 3.63) is 26.8 Å². The minimum atomic E-state index is -3.73. The van der Waals surface area contributed by atoms with Crippen LogP contribution in [-0.4, -0.2) is 23.6 Å². The van der Waals surface area contributed by atoms with E-state index in [-0.39, 0.29) is 17.6 Å². The van der Waals surface area contributed by atoms with E-state index < -0.39 is 10.0 Å². The maximum Gasteiger partial charge on any atom is 0.260 e. The third-order valence-electron chi connectivity index (χ3n) is 3.16. The van der Waals surface area contributed by atoms with E-state index in [1.54, 1.807) is 13.8 Å². The molecule has 0 radical (unpaired) electrons. The highest BCUT2D eigenvalue weighted by Crippen LogP contribution is 2.26. The molecule has 1 unspecified atom stereocenters. The molecule has 7 nitrogen and oxygen atoms in total. The van der Waals surface area contributed by atoms with E-state index in [0.29, 0.717) is 11.3 Å². The Hall–Kier alpha value is -1.29. The molecule has 2 rings (SSSR count). The molecule has 0 aromatic carbocycles. The number of nitrogens with zero attached hydrogens (tertiary/aromatic N) is 2. The van der Waals surface area contributed by atoms with Crippen molar-refractivity contribution in [2.24, 2.45) is 5.73 Å². The first-order valence-corrected chi connectivity index (χ1v) is 8.76. The summed E-state index contributed by atoms with van der Waals surface area (Å²) in [6.07, 6.45) is 0. The Labute approximate surface area is 128 Å². The van der Waals surface area contributed by atoms with Crippen LogP contribution in [0.25, 0.3) is 0 Å². The summed E-state index contributed by atoms with van der Waals surface area (Å²) in [7, 11) is -3.73. The molecule has 0 bridgehead atoms. The lowest BCUT2D eigenvalue weighted by Gasteiger charge is -2.12. The average molecular weight is 329 g/mol. The number of H-pyrrole nitrogens is 1. The van der Waals surface area contributed by atoms with Crippen molar-refractivity contribution >= 4 is 21.4 Å². The molecule has 0 saturated carbocycles. The molecule has 2 heterocycles. The van der Waals surface area contributed by atoms with Crippen LogP contribution in [0.5, 0.6) is 0 Å². The second-order valence-electron chi connectivity index (χ2n) is 4.86. The van der Waals surface area contributed by atoms with Crippen molar-refractivity contribution in [2.45, 2.75) is 45.3 Å². The topological polar surface area (TPSA) is 114 Å². The van der Waals surface area contributed by atoms with Gasteiger partial charge in [0.05, 0.1) is 16.7 Å². The Morgan fingerprint density at radius 1 is 1.38 bits per heavy atom. The molecule has 21 heavy (non-hydrogen) atoms. The Kier molecular flexibility index (Phi) is 4.47. The Morgan fingerprint density at radius 3 is 2.57 bits per heavy atom. The molecule has 116 valence electrons. The van der Waals surface area contributed by atoms with E-state index in [0.717, 1.165) is 15.6 Å². The minimum Gasteiger partial charge on any atom is -0.326 e. The van der Waals surface area contributed by atoms with E-state index >= 15 is 0 Å². The van der Waals surface area contributed by atoms with Gasteiger partial charge in [0.25, 0.3) is 10.0 Å². The summed E-state index contributed by atoms with van der Waals surface area (Å²) in [4.78, 5) is 5.22. The maximum atomic E-state index is 12.5. The van der Waals surface area contributed by atoms with Gasteiger partial charge in [-0.25, -0.2) is 18.1 Å². The van der Waals surface area contributed by atoms with Crippen LogP contribution in [0.4, 0.5) is 0 Å². The van der Waals surface area contributed by atoms with Gasteiger partial charge in [0, 0.05) is 22.7 Å². The molecular formula is C12H19N5O2S2. The summed E-state index contributed by atoms with van der Waals surface area (Å²) in [6.45, 7) is 7.42. The zero-order chi connectivity index (χ0) is 15.8. The summed E-state index contributed by atoms with van der Waals surface area (Å²) in [5.41, 5.74) is 7.61. The number of nitrogens with two attached hydrogens (primary N) is 1. The number of aryl methyl sites for hydroxylation is 3. The molecule has 2 aromatic heterocycles. The molecule has 0 saturated heterocycles. The molecule has 9 heteroatoms. The predicted octanol–water partition coefficient (Wildman–Crippen LogP) is 1.29. The van der Waals surface area contributed by atoms with Crippen LogP contribution < -0.4 is 10.5 Å². The fraction of sp³-hybridized carbons (Fsp3) is 0.500. The maximum absolute atomic E-state index is 12.5. The number of aromatic nitrogens is 3. The second kappa shape index (κ2) is 5.84. The second-order valence-corrected chi connectivity index (χ2v) is 7.73. The van der Waals surface area contributed by atoms with Gasteiger partial charge < -0.3 is 5.73 Å². The predicted molar refractivity (Wildman–Crippen MR) is 81.5 cm³/mol. The van der Waals surface area contributed by atoms with Crippen molar-refractivity contribution < 1.29 is 8.42 Å². The van der Waals surface area contributed by atoms with Gasteiger partial charge in [-0.1, -0.05) is 0 Å². The van der Waals surface area contributed by atoms with Gasteiger partial charge in [-0.15, -0.1) is 11.3 Å². The van der Waals surface area contributed by atoms with Crippen LogP contribution in [0.3, 0.4) is 0 Å². The molecule has 0 aliphatic carbocycles. The standard InChI is InChI=1S/C12H19N5O2S2/c1-6-10(5-13)12(16-15-6)21(18,19)17-8(3)11-7(2)14-9(4)20-11/h8,17H,5,13H2,1-4H3,(H,15,16). The molecule has 1 atom stereocenters. The summed E-state index contributed by atoms with van der Waals surface area (Å²) >= 11 is 1.48. The summed E-state index contributed by atoms with van der Waals surface area (Å²) < 4.78 is 27.6.